The number of benzene rings is 3. The van der Waals surface area contributed by atoms with Gasteiger partial charge >= 0.3 is 0 Å². The van der Waals surface area contributed by atoms with Crippen LogP contribution in [0, 0.1) is 5.92 Å². The fraction of sp³-hybridized carbons (Fsp3) is 0.432. The Kier molecular flexibility index (Phi) is 15.8. The van der Waals surface area contributed by atoms with Gasteiger partial charge in [-0.15, -0.1) is 0 Å². The number of amides is 5. The average molecular weight is 779 g/mol. The number of fused-ring (bicyclic) bond motifs is 1. The third-order valence-electron chi connectivity index (χ3n) is 10.4. The van der Waals surface area contributed by atoms with E-state index in [0.29, 0.717) is 70.3 Å². The van der Waals surface area contributed by atoms with Crippen LogP contribution in [0.25, 0.3) is 10.9 Å². The number of aromatic nitrogens is 1. The molecule has 0 spiro atoms. The second-order valence-electron chi connectivity index (χ2n) is 15.4. The zero-order valence-corrected chi connectivity index (χ0v) is 33.0. The van der Waals surface area contributed by atoms with E-state index in [1.807, 2.05) is 105 Å². The molecule has 13 nitrogen and oxygen atoms in total. The second kappa shape index (κ2) is 21.1. The van der Waals surface area contributed by atoms with Crippen molar-refractivity contribution >= 4 is 40.4 Å². The van der Waals surface area contributed by atoms with E-state index in [1.54, 1.807) is 4.90 Å². The Morgan fingerprint density at radius 2 is 1.32 bits per heavy atom. The van der Waals surface area contributed by atoms with Crippen molar-refractivity contribution < 1.29 is 24.0 Å². The number of rotatable bonds is 19. The number of likely N-dealkylation sites (tertiary alicyclic amines) is 1. The zero-order chi connectivity index (χ0) is 40.7. The number of aromatic amines is 1. The third kappa shape index (κ3) is 12.7. The molecular weight excluding hydrogens is 721 g/mol. The lowest BCUT2D eigenvalue weighted by Gasteiger charge is -2.35. The number of H-pyrrole nitrogens is 1. The molecule has 3 aromatic carbocycles. The molecule has 1 fully saturated rings. The lowest BCUT2D eigenvalue weighted by molar-refractivity contribution is -0.138. The van der Waals surface area contributed by atoms with Crippen LogP contribution in [0.2, 0.25) is 0 Å². The maximum Gasteiger partial charge on any atom is 0.267 e. The predicted octanol–water partition coefficient (Wildman–Crippen LogP) is 3.33. The fourth-order valence-corrected chi connectivity index (χ4v) is 7.22. The summed E-state index contributed by atoms with van der Waals surface area (Å²) in [5.41, 5.74) is 15.2. The van der Waals surface area contributed by atoms with Crippen molar-refractivity contribution in [1.29, 1.82) is 0 Å². The largest absolute Gasteiger partial charge is 0.351 e. The SMILES string of the molecule is CC(C)C[C@@H](NC(=O)[C@@H](Cc1ccccc1)NC(=O)[C@H](N)Cc1ccccc1)C(=O)N[C@H](CCCCN)C(=O)N1CCC(NC(=O)c2cc3ccccc3[nH]2)CC1. The van der Waals surface area contributed by atoms with E-state index in [4.69, 9.17) is 11.5 Å². The summed E-state index contributed by atoms with van der Waals surface area (Å²) in [5, 5.41) is 12.8. The number of hydrogen-bond acceptors (Lipinski definition) is 7. The van der Waals surface area contributed by atoms with Gasteiger partial charge in [-0.05, 0) is 80.7 Å². The summed E-state index contributed by atoms with van der Waals surface area (Å²) in [6, 6.07) is 24.4. The van der Waals surface area contributed by atoms with Gasteiger partial charge in [-0.1, -0.05) is 92.7 Å². The Morgan fingerprint density at radius 1 is 0.737 bits per heavy atom. The first-order chi connectivity index (χ1) is 27.5. The third-order valence-corrected chi connectivity index (χ3v) is 10.4. The van der Waals surface area contributed by atoms with Gasteiger partial charge in [0.15, 0.2) is 0 Å². The molecule has 304 valence electrons. The van der Waals surface area contributed by atoms with Crippen LogP contribution in [0.3, 0.4) is 0 Å². The molecule has 57 heavy (non-hydrogen) atoms. The molecule has 4 atom stereocenters. The molecule has 9 N–H and O–H groups in total. The van der Waals surface area contributed by atoms with Crippen LogP contribution in [0.4, 0.5) is 0 Å². The van der Waals surface area contributed by atoms with Crippen molar-refractivity contribution in [2.75, 3.05) is 19.6 Å². The van der Waals surface area contributed by atoms with Crippen LogP contribution in [0.5, 0.6) is 0 Å². The van der Waals surface area contributed by atoms with E-state index in [-0.39, 0.29) is 30.2 Å². The summed E-state index contributed by atoms with van der Waals surface area (Å²) in [4.78, 5) is 73.4. The van der Waals surface area contributed by atoms with Gasteiger partial charge in [0.1, 0.15) is 23.8 Å². The number of carbonyl (C=O) groups excluding carboxylic acids is 5. The normalized spacial score (nSPS) is 15.4. The van der Waals surface area contributed by atoms with Gasteiger partial charge in [0.25, 0.3) is 5.91 Å². The van der Waals surface area contributed by atoms with Gasteiger partial charge in [-0.3, -0.25) is 24.0 Å². The number of nitrogens with one attached hydrogen (secondary N) is 5. The van der Waals surface area contributed by atoms with Gasteiger partial charge in [0, 0.05) is 36.5 Å². The molecule has 0 unspecified atom stereocenters. The van der Waals surface area contributed by atoms with Gasteiger partial charge in [-0.2, -0.15) is 0 Å². The van der Waals surface area contributed by atoms with E-state index in [1.165, 1.54) is 0 Å². The number of nitrogens with zero attached hydrogens (tertiary/aromatic N) is 1. The summed E-state index contributed by atoms with van der Waals surface area (Å²) < 4.78 is 0. The first-order valence-corrected chi connectivity index (χ1v) is 20.1. The highest BCUT2D eigenvalue weighted by Crippen LogP contribution is 2.18. The molecule has 2 heterocycles. The second-order valence-corrected chi connectivity index (χ2v) is 15.4. The topological polar surface area (TPSA) is 205 Å². The first-order valence-electron chi connectivity index (χ1n) is 20.1. The zero-order valence-electron chi connectivity index (χ0n) is 33.0. The Morgan fingerprint density at radius 3 is 1.95 bits per heavy atom. The van der Waals surface area contributed by atoms with E-state index >= 15 is 0 Å². The minimum Gasteiger partial charge on any atom is -0.351 e. The number of piperidine rings is 1. The molecule has 5 amide bonds. The maximum absolute atomic E-state index is 14.1. The standard InChI is InChI=1S/C44H58N8O5/c1-29(2)25-37(51-43(56)38(27-31-15-7-4-8-16-31)50-40(53)34(46)26-30-13-5-3-6-14-30)42(55)49-36(19-11-12-22-45)44(57)52-23-20-33(21-24-52)47-41(54)39-28-32-17-9-10-18-35(32)48-39/h3-10,13-18,28-29,33-34,36-38,48H,11-12,19-27,45-46H2,1-2H3,(H,47,54)(H,49,55)(H,50,53)(H,51,56)/t34-,36-,37-,38-/m1/s1. The van der Waals surface area contributed by atoms with E-state index < -0.39 is 41.9 Å². The van der Waals surface area contributed by atoms with Gasteiger partial charge in [-0.25, -0.2) is 0 Å². The van der Waals surface area contributed by atoms with Crippen LogP contribution >= 0.6 is 0 Å². The Bertz CT molecular complexity index is 1890. The highest BCUT2D eigenvalue weighted by molar-refractivity contribution is 5.98. The monoisotopic (exact) mass is 778 g/mol. The molecule has 5 rings (SSSR count). The molecule has 0 bridgehead atoms. The van der Waals surface area contributed by atoms with Crippen molar-refractivity contribution in [3.63, 3.8) is 0 Å². The lowest BCUT2D eigenvalue weighted by Crippen LogP contribution is -2.59. The number of carbonyl (C=O) groups is 5. The summed E-state index contributed by atoms with van der Waals surface area (Å²) in [6.45, 7) is 5.18. The molecule has 1 aliphatic rings. The molecule has 1 saturated heterocycles. The Balaban J connectivity index is 1.23. The maximum atomic E-state index is 14.1. The van der Waals surface area contributed by atoms with Crippen LogP contribution in [0.15, 0.2) is 91.0 Å². The summed E-state index contributed by atoms with van der Waals surface area (Å²) in [6.07, 6.45) is 3.61. The molecular formula is C44H58N8O5. The van der Waals surface area contributed by atoms with Gasteiger partial charge < -0.3 is 42.6 Å². The van der Waals surface area contributed by atoms with E-state index in [9.17, 15) is 24.0 Å². The summed E-state index contributed by atoms with van der Waals surface area (Å²) in [7, 11) is 0. The smallest absolute Gasteiger partial charge is 0.267 e. The van der Waals surface area contributed by atoms with Crippen molar-refractivity contribution in [3.8, 4) is 0 Å². The Labute approximate surface area is 335 Å². The van der Waals surface area contributed by atoms with Crippen LogP contribution in [0.1, 0.15) is 74.0 Å². The molecule has 1 aromatic heterocycles. The molecule has 0 aliphatic carbocycles. The number of nitrogens with two attached hydrogens (primary N) is 2. The predicted molar refractivity (Wildman–Crippen MR) is 222 cm³/mol. The minimum atomic E-state index is -1.01. The number of para-hydroxylation sites is 1. The highest BCUT2D eigenvalue weighted by atomic mass is 16.2. The summed E-state index contributed by atoms with van der Waals surface area (Å²) in [5.74, 6) is -1.87. The summed E-state index contributed by atoms with van der Waals surface area (Å²) >= 11 is 0. The van der Waals surface area contributed by atoms with Crippen molar-refractivity contribution in [3.05, 3.63) is 108 Å². The highest BCUT2D eigenvalue weighted by Gasteiger charge is 2.34. The van der Waals surface area contributed by atoms with Crippen molar-refractivity contribution in [1.82, 2.24) is 31.2 Å². The molecule has 13 heteroatoms. The molecule has 4 aromatic rings. The van der Waals surface area contributed by atoms with E-state index in [0.717, 1.165) is 22.0 Å². The number of unbranched alkanes of at least 4 members (excludes halogenated alkanes) is 1. The van der Waals surface area contributed by atoms with Gasteiger partial charge in [0.2, 0.25) is 23.6 Å². The molecule has 0 saturated carbocycles. The minimum absolute atomic E-state index is 0.0208. The average Bonchev–Trinajstić information content (AvgIpc) is 3.65. The van der Waals surface area contributed by atoms with Crippen LogP contribution in [-0.2, 0) is 32.0 Å². The Hall–Kier alpha value is -5.53. The quantitative estimate of drug-likeness (QED) is 0.0707. The molecule has 0 radical (unpaired) electrons. The van der Waals surface area contributed by atoms with E-state index in [2.05, 4.69) is 26.3 Å². The van der Waals surface area contributed by atoms with Crippen LogP contribution in [-0.4, -0.2) is 89.3 Å². The van der Waals surface area contributed by atoms with Gasteiger partial charge in [0.05, 0.1) is 6.04 Å². The lowest BCUT2D eigenvalue weighted by atomic mass is 9.99. The van der Waals surface area contributed by atoms with Crippen molar-refractivity contribution in [2.24, 2.45) is 17.4 Å². The van der Waals surface area contributed by atoms with Crippen LogP contribution < -0.4 is 32.7 Å². The fourth-order valence-electron chi connectivity index (χ4n) is 7.22. The first kappa shape index (κ1) is 42.6. The molecule has 1 aliphatic heterocycles. The number of hydrogen-bond donors (Lipinski definition) is 7. The van der Waals surface area contributed by atoms with Crippen molar-refractivity contribution in [2.45, 2.75) is 95.4 Å².